The Labute approximate surface area is 212 Å². The third-order valence-corrected chi connectivity index (χ3v) is 6.58. The van der Waals surface area contributed by atoms with Crippen LogP contribution in [-0.2, 0) is 15.1 Å². The summed E-state index contributed by atoms with van der Waals surface area (Å²) >= 11 is 0. The van der Waals surface area contributed by atoms with Gasteiger partial charge in [0.2, 0.25) is 0 Å². The summed E-state index contributed by atoms with van der Waals surface area (Å²) in [6.07, 6.45) is 4.11. The summed E-state index contributed by atoms with van der Waals surface area (Å²) in [6, 6.07) is 30.7. The molecule has 0 radical (unpaired) electrons. The van der Waals surface area contributed by atoms with Crippen molar-refractivity contribution in [3.63, 3.8) is 0 Å². The van der Waals surface area contributed by atoms with E-state index in [0.29, 0.717) is 12.5 Å². The third-order valence-electron chi connectivity index (χ3n) is 6.58. The minimum absolute atomic E-state index is 0.169. The summed E-state index contributed by atoms with van der Waals surface area (Å²) in [5.74, 6) is 1.41. The van der Waals surface area contributed by atoms with Gasteiger partial charge >= 0.3 is 0 Å². The van der Waals surface area contributed by atoms with Crippen LogP contribution in [0.25, 0.3) is 0 Å². The molecule has 0 aliphatic rings. The van der Waals surface area contributed by atoms with Gasteiger partial charge in [0.15, 0.2) is 0 Å². The number of benzene rings is 3. The van der Waals surface area contributed by atoms with Gasteiger partial charge < -0.3 is 14.6 Å². The van der Waals surface area contributed by atoms with Gasteiger partial charge in [0, 0.05) is 6.61 Å². The molecule has 35 heavy (non-hydrogen) atoms. The van der Waals surface area contributed by atoms with Gasteiger partial charge in [0.25, 0.3) is 0 Å². The van der Waals surface area contributed by atoms with Crippen molar-refractivity contribution in [3.8, 4) is 0 Å². The fourth-order valence-electron chi connectivity index (χ4n) is 4.56. The van der Waals surface area contributed by atoms with Gasteiger partial charge in [0.1, 0.15) is 11.7 Å². The van der Waals surface area contributed by atoms with E-state index in [4.69, 9.17) is 9.47 Å². The maximum atomic E-state index is 10.8. The molecule has 3 heteroatoms. The zero-order valence-electron chi connectivity index (χ0n) is 21.6. The molecule has 0 heterocycles. The second-order valence-corrected chi connectivity index (χ2v) is 10.0. The van der Waals surface area contributed by atoms with Crippen molar-refractivity contribution in [2.75, 3.05) is 19.8 Å². The summed E-state index contributed by atoms with van der Waals surface area (Å²) < 4.78 is 12.5. The first kappa shape index (κ1) is 27.1. The Morgan fingerprint density at radius 3 is 1.60 bits per heavy atom. The number of hydrogen-bond donors (Lipinski definition) is 1. The van der Waals surface area contributed by atoms with Crippen molar-refractivity contribution in [3.05, 3.63) is 108 Å². The summed E-state index contributed by atoms with van der Waals surface area (Å²) in [5, 5.41) is 10.8. The van der Waals surface area contributed by atoms with Crippen LogP contribution in [0.4, 0.5) is 0 Å². The van der Waals surface area contributed by atoms with Gasteiger partial charge in [-0.2, -0.15) is 0 Å². The van der Waals surface area contributed by atoms with E-state index in [-0.39, 0.29) is 13.2 Å². The third kappa shape index (κ3) is 8.03. The summed E-state index contributed by atoms with van der Waals surface area (Å²) in [6.45, 7) is 7.95. The lowest BCUT2D eigenvalue weighted by molar-refractivity contribution is -0.0647. The topological polar surface area (TPSA) is 38.7 Å². The van der Waals surface area contributed by atoms with Gasteiger partial charge in [0.05, 0.1) is 13.2 Å². The van der Waals surface area contributed by atoms with E-state index >= 15 is 0 Å². The van der Waals surface area contributed by atoms with Crippen molar-refractivity contribution >= 4 is 0 Å². The minimum Gasteiger partial charge on any atom is -0.388 e. The van der Waals surface area contributed by atoms with Crippen LogP contribution in [0.5, 0.6) is 0 Å². The van der Waals surface area contributed by atoms with Crippen molar-refractivity contribution in [1.82, 2.24) is 0 Å². The summed E-state index contributed by atoms with van der Waals surface area (Å²) in [4.78, 5) is 0. The highest BCUT2D eigenvalue weighted by Gasteiger charge is 2.38. The number of aliphatic hydroxyl groups is 1. The van der Waals surface area contributed by atoms with Gasteiger partial charge in [-0.15, -0.1) is 0 Å². The Balaban J connectivity index is 1.66. The first-order valence-corrected chi connectivity index (χ1v) is 13.1. The zero-order valence-corrected chi connectivity index (χ0v) is 21.6. The zero-order chi connectivity index (χ0) is 24.9. The van der Waals surface area contributed by atoms with Crippen LogP contribution in [0.3, 0.4) is 0 Å². The molecule has 0 fully saturated rings. The van der Waals surface area contributed by atoms with Crippen molar-refractivity contribution in [2.45, 2.75) is 58.2 Å². The van der Waals surface area contributed by atoms with E-state index in [9.17, 15) is 5.11 Å². The Bertz CT molecular complexity index is 844. The average molecular weight is 475 g/mol. The van der Waals surface area contributed by atoms with Crippen molar-refractivity contribution < 1.29 is 14.6 Å². The lowest BCUT2D eigenvalue weighted by Gasteiger charge is -2.36. The Morgan fingerprint density at radius 2 is 1.14 bits per heavy atom. The molecule has 3 aromatic carbocycles. The van der Waals surface area contributed by atoms with Crippen LogP contribution in [0, 0.1) is 11.8 Å². The normalized spacial score (nSPS) is 13.6. The molecule has 0 aromatic heterocycles. The molecule has 0 saturated heterocycles. The molecule has 188 valence electrons. The molecule has 3 nitrogen and oxygen atoms in total. The maximum absolute atomic E-state index is 10.8. The molecule has 0 saturated carbocycles. The molecule has 3 rings (SSSR count). The molecular formula is C32H42O3. The smallest absolute Gasteiger partial charge is 0.143 e. The highest BCUT2D eigenvalue weighted by molar-refractivity contribution is 5.47. The van der Waals surface area contributed by atoms with Gasteiger partial charge in [-0.1, -0.05) is 131 Å². The van der Waals surface area contributed by atoms with E-state index in [2.05, 4.69) is 57.2 Å². The molecule has 0 spiro atoms. The SMILES string of the molecule is CC(C)CCC[C@H](C)CCOC[C@H](O)COC(c1ccccc1)(c1ccccc1)c1ccccc1. The molecular weight excluding hydrogens is 432 g/mol. The molecule has 1 N–H and O–H groups in total. The second-order valence-electron chi connectivity index (χ2n) is 10.0. The summed E-state index contributed by atoms with van der Waals surface area (Å²) in [7, 11) is 0. The van der Waals surface area contributed by atoms with Crippen LogP contribution in [0.2, 0.25) is 0 Å². The lowest BCUT2D eigenvalue weighted by atomic mass is 9.80. The molecule has 0 amide bonds. The van der Waals surface area contributed by atoms with Crippen LogP contribution >= 0.6 is 0 Å². The monoisotopic (exact) mass is 474 g/mol. The first-order chi connectivity index (χ1) is 17.0. The van der Waals surface area contributed by atoms with E-state index in [1.54, 1.807) is 0 Å². The van der Waals surface area contributed by atoms with Gasteiger partial charge in [-0.05, 0) is 34.9 Å². The van der Waals surface area contributed by atoms with Crippen LogP contribution in [0.15, 0.2) is 91.0 Å². The van der Waals surface area contributed by atoms with E-state index in [1.165, 1.54) is 19.3 Å². The quantitative estimate of drug-likeness (QED) is 0.187. The largest absolute Gasteiger partial charge is 0.388 e. The molecule has 0 unspecified atom stereocenters. The number of aliphatic hydroxyl groups excluding tert-OH is 1. The van der Waals surface area contributed by atoms with Crippen LogP contribution in [0.1, 0.15) is 63.1 Å². The molecule has 3 aromatic rings. The molecule has 0 bridgehead atoms. The van der Waals surface area contributed by atoms with E-state index in [0.717, 1.165) is 29.0 Å². The Morgan fingerprint density at radius 1 is 0.657 bits per heavy atom. The Hall–Kier alpha value is -2.46. The standard InChI is InChI=1S/C32H42O3/c1-26(2)14-13-15-27(3)22-23-34-24-31(33)25-35-32(28-16-7-4-8-17-28,29-18-9-5-10-19-29)30-20-11-6-12-21-30/h4-12,16-21,26-27,31,33H,13-15,22-25H2,1-3H3/t27-,31-/m0/s1. The van der Waals surface area contributed by atoms with E-state index < -0.39 is 11.7 Å². The predicted molar refractivity (Wildman–Crippen MR) is 144 cm³/mol. The number of ether oxygens (including phenoxy) is 2. The average Bonchev–Trinajstić information content (AvgIpc) is 2.89. The van der Waals surface area contributed by atoms with Gasteiger partial charge in [-0.25, -0.2) is 0 Å². The van der Waals surface area contributed by atoms with Crippen molar-refractivity contribution in [1.29, 1.82) is 0 Å². The van der Waals surface area contributed by atoms with Crippen molar-refractivity contribution in [2.24, 2.45) is 11.8 Å². The molecule has 0 aliphatic heterocycles. The highest BCUT2D eigenvalue weighted by atomic mass is 16.5. The lowest BCUT2D eigenvalue weighted by Crippen LogP contribution is -2.36. The van der Waals surface area contributed by atoms with Crippen LogP contribution in [-0.4, -0.2) is 31.0 Å². The fraction of sp³-hybridized carbons (Fsp3) is 0.438. The summed E-state index contributed by atoms with van der Waals surface area (Å²) in [5.41, 5.74) is 2.26. The number of rotatable bonds is 15. The number of hydrogen-bond acceptors (Lipinski definition) is 3. The fourth-order valence-corrected chi connectivity index (χ4v) is 4.56. The maximum Gasteiger partial charge on any atom is 0.143 e. The Kier molecular flexibility index (Phi) is 11.0. The minimum atomic E-state index is -0.824. The first-order valence-electron chi connectivity index (χ1n) is 13.1. The molecule has 0 aliphatic carbocycles. The molecule has 2 atom stereocenters. The van der Waals surface area contributed by atoms with E-state index in [1.807, 2.05) is 54.6 Å². The highest BCUT2D eigenvalue weighted by Crippen LogP contribution is 2.40. The predicted octanol–water partition coefficient (Wildman–Crippen LogP) is 7.23. The van der Waals surface area contributed by atoms with Gasteiger partial charge in [-0.3, -0.25) is 0 Å². The second kappa shape index (κ2) is 14.2. The van der Waals surface area contributed by atoms with Crippen LogP contribution < -0.4 is 0 Å².